The Morgan fingerprint density at radius 3 is 1.27 bits per heavy atom. The number of carboxylic acid groups (broad SMARTS) is 1. The van der Waals surface area contributed by atoms with Crippen molar-refractivity contribution in [1.29, 1.82) is 0 Å². The number of amides is 2. The molecule has 10 heteroatoms. The lowest BCUT2D eigenvalue weighted by Gasteiger charge is -2.08. The van der Waals surface area contributed by atoms with Crippen molar-refractivity contribution in [3.8, 4) is 0 Å². The Labute approximate surface area is 248 Å². The van der Waals surface area contributed by atoms with Gasteiger partial charge in [-0.2, -0.15) is 0 Å². The highest BCUT2D eigenvalue weighted by Crippen LogP contribution is 2.13. The van der Waals surface area contributed by atoms with Crippen LogP contribution in [0.2, 0.25) is 0 Å². The van der Waals surface area contributed by atoms with E-state index in [-0.39, 0.29) is 24.7 Å². The molecule has 0 aliphatic heterocycles. The van der Waals surface area contributed by atoms with Gasteiger partial charge in [0, 0.05) is 52.0 Å². The van der Waals surface area contributed by atoms with Crippen molar-refractivity contribution < 1.29 is 38.5 Å². The van der Waals surface area contributed by atoms with E-state index >= 15 is 0 Å². The van der Waals surface area contributed by atoms with Crippen LogP contribution in [0.15, 0.2) is 0 Å². The third kappa shape index (κ3) is 34.1. The number of carbonyl (C=O) groups excluding carboxylic acids is 3. The molecule has 0 aliphatic rings. The molecule has 240 valence electrons. The summed E-state index contributed by atoms with van der Waals surface area (Å²) in [5.41, 5.74) is 0. The standard InChI is InChI=1S/C31H58N2O8/c34-22-14-18-30(36)33-21-16-24-40-26-28-41-27-25-39-23-15-20-32-29(35)17-12-10-8-6-4-2-1-3-5-7-9-11-13-19-31(37)38/h22H,1-21,23-28H2,(H,32,35)(H,33,36)(H,37,38). The third-order valence-corrected chi connectivity index (χ3v) is 6.60. The molecule has 41 heavy (non-hydrogen) atoms. The molecule has 0 radical (unpaired) electrons. The lowest BCUT2D eigenvalue weighted by molar-refractivity contribution is -0.137. The average Bonchev–Trinajstić information content (AvgIpc) is 2.95. The first-order valence-electron chi connectivity index (χ1n) is 16.0. The second-order valence-electron chi connectivity index (χ2n) is 10.4. The summed E-state index contributed by atoms with van der Waals surface area (Å²) in [5.74, 6) is -0.677. The van der Waals surface area contributed by atoms with E-state index in [1.54, 1.807) is 0 Å². The summed E-state index contributed by atoms with van der Waals surface area (Å²) in [7, 11) is 0. The Kier molecular flexibility index (Phi) is 30.9. The van der Waals surface area contributed by atoms with Crippen LogP contribution < -0.4 is 10.6 Å². The minimum absolute atomic E-state index is 0.112. The number of aldehydes is 1. The molecule has 0 aliphatic carbocycles. The summed E-state index contributed by atoms with van der Waals surface area (Å²) in [5, 5.41) is 14.3. The van der Waals surface area contributed by atoms with Gasteiger partial charge in [-0.05, 0) is 25.7 Å². The first-order valence-corrected chi connectivity index (χ1v) is 16.0. The predicted molar refractivity (Wildman–Crippen MR) is 160 cm³/mol. The first kappa shape index (κ1) is 39.0. The lowest BCUT2D eigenvalue weighted by Crippen LogP contribution is -2.25. The Balaban J connectivity index is 3.19. The molecular weight excluding hydrogens is 528 g/mol. The maximum Gasteiger partial charge on any atom is 0.303 e. The van der Waals surface area contributed by atoms with Gasteiger partial charge in [-0.25, -0.2) is 0 Å². The zero-order valence-electron chi connectivity index (χ0n) is 25.5. The summed E-state index contributed by atoms with van der Waals surface area (Å²) >= 11 is 0. The molecule has 0 fully saturated rings. The lowest BCUT2D eigenvalue weighted by atomic mass is 10.0. The summed E-state index contributed by atoms with van der Waals surface area (Å²) in [4.78, 5) is 43.9. The number of carbonyl (C=O) groups is 4. The fraction of sp³-hybridized carbons (Fsp3) is 0.871. The van der Waals surface area contributed by atoms with Gasteiger partial charge in [0.05, 0.1) is 26.4 Å². The molecule has 0 aromatic heterocycles. The minimum Gasteiger partial charge on any atom is -0.481 e. The molecule has 3 N–H and O–H groups in total. The largest absolute Gasteiger partial charge is 0.481 e. The first-order chi connectivity index (χ1) is 20.1. The van der Waals surface area contributed by atoms with Crippen LogP contribution in [0.4, 0.5) is 0 Å². The molecule has 0 spiro atoms. The highest BCUT2D eigenvalue weighted by molar-refractivity contribution is 5.78. The van der Waals surface area contributed by atoms with Crippen LogP contribution in [-0.4, -0.2) is 81.9 Å². The molecule has 0 unspecified atom stereocenters. The normalized spacial score (nSPS) is 10.9. The molecule has 0 bridgehead atoms. The van der Waals surface area contributed by atoms with Gasteiger partial charge in [0.2, 0.25) is 11.8 Å². The summed E-state index contributed by atoms with van der Waals surface area (Å²) in [6, 6.07) is 0. The van der Waals surface area contributed by atoms with Crippen molar-refractivity contribution in [2.24, 2.45) is 0 Å². The van der Waals surface area contributed by atoms with E-state index in [9.17, 15) is 19.2 Å². The van der Waals surface area contributed by atoms with E-state index in [4.69, 9.17) is 19.3 Å². The highest BCUT2D eigenvalue weighted by atomic mass is 16.5. The zero-order chi connectivity index (χ0) is 30.1. The van der Waals surface area contributed by atoms with E-state index in [0.29, 0.717) is 65.6 Å². The molecule has 0 aromatic carbocycles. The van der Waals surface area contributed by atoms with Crippen LogP contribution in [-0.2, 0) is 33.4 Å². The monoisotopic (exact) mass is 586 g/mol. The second-order valence-corrected chi connectivity index (χ2v) is 10.4. The number of ether oxygens (including phenoxy) is 3. The Morgan fingerprint density at radius 1 is 0.488 bits per heavy atom. The molecule has 10 nitrogen and oxygen atoms in total. The molecule has 0 saturated heterocycles. The number of carboxylic acids is 1. The van der Waals surface area contributed by atoms with Crippen LogP contribution in [0.1, 0.15) is 122 Å². The zero-order valence-corrected chi connectivity index (χ0v) is 25.5. The van der Waals surface area contributed by atoms with Crippen LogP contribution >= 0.6 is 0 Å². The van der Waals surface area contributed by atoms with E-state index in [1.807, 2.05) is 0 Å². The second kappa shape index (κ2) is 32.5. The Morgan fingerprint density at radius 2 is 0.854 bits per heavy atom. The van der Waals surface area contributed by atoms with E-state index in [0.717, 1.165) is 51.2 Å². The van der Waals surface area contributed by atoms with Gasteiger partial charge in [-0.3, -0.25) is 14.4 Å². The predicted octanol–water partition coefficient (Wildman–Crippen LogP) is 4.96. The van der Waals surface area contributed by atoms with Gasteiger partial charge in [0.15, 0.2) is 0 Å². The smallest absolute Gasteiger partial charge is 0.303 e. The van der Waals surface area contributed by atoms with Crippen molar-refractivity contribution in [1.82, 2.24) is 10.6 Å². The molecule has 0 aromatic rings. The van der Waals surface area contributed by atoms with Gasteiger partial charge in [-0.15, -0.1) is 0 Å². The van der Waals surface area contributed by atoms with Crippen molar-refractivity contribution in [3.63, 3.8) is 0 Å². The number of nitrogens with one attached hydrogen (secondary N) is 2. The van der Waals surface area contributed by atoms with E-state index in [1.165, 1.54) is 51.4 Å². The van der Waals surface area contributed by atoms with Crippen molar-refractivity contribution in [3.05, 3.63) is 0 Å². The molecule has 2 amide bonds. The van der Waals surface area contributed by atoms with Crippen molar-refractivity contribution in [2.45, 2.75) is 122 Å². The fourth-order valence-corrected chi connectivity index (χ4v) is 4.22. The van der Waals surface area contributed by atoms with Crippen LogP contribution in [0.25, 0.3) is 0 Å². The Bertz CT molecular complexity index is 633. The number of hydrogen-bond donors (Lipinski definition) is 3. The van der Waals surface area contributed by atoms with Gasteiger partial charge in [0.1, 0.15) is 6.29 Å². The number of rotatable bonds is 33. The minimum atomic E-state index is -0.687. The number of unbranched alkanes of at least 4 members (excludes halogenated alkanes) is 12. The quantitative estimate of drug-likeness (QED) is 0.0724. The average molecular weight is 587 g/mol. The highest BCUT2D eigenvalue weighted by Gasteiger charge is 2.02. The van der Waals surface area contributed by atoms with Crippen molar-refractivity contribution >= 4 is 24.1 Å². The maximum absolute atomic E-state index is 11.9. The van der Waals surface area contributed by atoms with Crippen LogP contribution in [0.5, 0.6) is 0 Å². The van der Waals surface area contributed by atoms with Gasteiger partial charge in [0.25, 0.3) is 0 Å². The molecule has 0 heterocycles. The van der Waals surface area contributed by atoms with Crippen LogP contribution in [0, 0.1) is 0 Å². The Hall–Kier alpha value is -2.04. The molecule has 0 atom stereocenters. The number of aliphatic carboxylic acids is 1. The summed E-state index contributed by atoms with van der Waals surface area (Å²) in [6.07, 6.45) is 18.8. The molecular formula is C31H58N2O8. The molecule has 0 saturated carbocycles. The SMILES string of the molecule is O=CCCC(=O)NCCCOCCOCCOCCCNC(=O)CCCCCCCCCCCCCCCC(=O)O. The number of hydrogen-bond acceptors (Lipinski definition) is 7. The van der Waals surface area contributed by atoms with Gasteiger partial charge >= 0.3 is 5.97 Å². The van der Waals surface area contributed by atoms with E-state index in [2.05, 4.69) is 10.6 Å². The molecule has 0 rings (SSSR count). The van der Waals surface area contributed by atoms with Crippen molar-refractivity contribution in [2.75, 3.05) is 52.7 Å². The maximum atomic E-state index is 11.9. The fourth-order valence-electron chi connectivity index (χ4n) is 4.22. The van der Waals surface area contributed by atoms with E-state index < -0.39 is 5.97 Å². The van der Waals surface area contributed by atoms with Crippen LogP contribution in [0.3, 0.4) is 0 Å². The topological polar surface area (TPSA) is 140 Å². The third-order valence-electron chi connectivity index (χ3n) is 6.60. The van der Waals surface area contributed by atoms with Gasteiger partial charge < -0.3 is 34.7 Å². The van der Waals surface area contributed by atoms with Gasteiger partial charge in [-0.1, -0.05) is 70.6 Å². The summed E-state index contributed by atoms with van der Waals surface area (Å²) < 4.78 is 16.4. The summed E-state index contributed by atoms with van der Waals surface area (Å²) in [6.45, 7) is 4.30.